The van der Waals surface area contributed by atoms with Crippen molar-refractivity contribution in [1.29, 1.82) is 0 Å². The number of hydrogen-bond acceptors (Lipinski definition) is 6. The van der Waals surface area contributed by atoms with Crippen molar-refractivity contribution in [3.63, 3.8) is 0 Å². The Labute approximate surface area is 193 Å². The van der Waals surface area contributed by atoms with Crippen molar-refractivity contribution >= 4 is 27.6 Å². The van der Waals surface area contributed by atoms with Crippen LogP contribution in [0.3, 0.4) is 0 Å². The summed E-state index contributed by atoms with van der Waals surface area (Å²) < 4.78 is 13.4. The van der Waals surface area contributed by atoms with Crippen LogP contribution >= 0.6 is 0 Å². The molecule has 1 atom stereocenters. The molecule has 33 heavy (non-hydrogen) atoms. The molecule has 0 radical (unpaired) electrons. The molecule has 4 heterocycles. The zero-order valence-corrected chi connectivity index (χ0v) is 18.9. The lowest BCUT2D eigenvalue weighted by Crippen LogP contribution is -2.44. The average molecular weight is 444 g/mol. The van der Waals surface area contributed by atoms with Gasteiger partial charge < -0.3 is 20.1 Å². The van der Waals surface area contributed by atoms with Gasteiger partial charge in [-0.05, 0) is 43.2 Å². The summed E-state index contributed by atoms with van der Waals surface area (Å²) in [7, 11) is 0. The molecule has 0 saturated carbocycles. The predicted molar refractivity (Wildman–Crippen MR) is 130 cm³/mol. The summed E-state index contributed by atoms with van der Waals surface area (Å²) in [5.41, 5.74) is 10.2. The Balaban J connectivity index is 1.34. The van der Waals surface area contributed by atoms with Crippen molar-refractivity contribution in [2.24, 2.45) is 11.1 Å². The molecular weight excluding hydrogens is 414 g/mol. The number of nitrogens with two attached hydrogens (primary N) is 1. The number of anilines is 1. The Morgan fingerprint density at radius 1 is 1.18 bits per heavy atom. The minimum absolute atomic E-state index is 0.110. The van der Waals surface area contributed by atoms with Crippen LogP contribution in [0.4, 0.5) is 5.69 Å². The molecule has 0 aliphatic carbocycles. The van der Waals surface area contributed by atoms with Crippen LogP contribution in [0, 0.1) is 5.41 Å². The highest BCUT2D eigenvalue weighted by molar-refractivity contribution is 5.92. The third-order valence-electron chi connectivity index (χ3n) is 6.90. The summed E-state index contributed by atoms with van der Waals surface area (Å²) in [4.78, 5) is 12.1. The van der Waals surface area contributed by atoms with Gasteiger partial charge in [-0.1, -0.05) is 19.1 Å². The summed E-state index contributed by atoms with van der Waals surface area (Å²) >= 11 is 0. The Morgan fingerprint density at radius 2 is 2.09 bits per heavy atom. The molecule has 0 bridgehead atoms. The second-order valence-corrected chi connectivity index (χ2v) is 9.60. The van der Waals surface area contributed by atoms with E-state index in [2.05, 4.69) is 53.2 Å². The van der Waals surface area contributed by atoms with E-state index in [9.17, 15) is 0 Å². The van der Waals surface area contributed by atoms with Crippen molar-refractivity contribution in [2.45, 2.75) is 25.8 Å². The topological polar surface area (TPSA) is 78.4 Å². The summed E-state index contributed by atoms with van der Waals surface area (Å²) in [6.45, 7) is 6.02. The summed E-state index contributed by atoms with van der Waals surface area (Å²) in [6, 6.07) is 17.0. The van der Waals surface area contributed by atoms with Gasteiger partial charge in [-0.25, -0.2) is 9.97 Å². The number of ether oxygens (including phenoxy) is 2. The monoisotopic (exact) mass is 443 g/mol. The SMILES string of the molecule is CC1(COc2ccc3c(c2)ncn3-c2ccc3cccc(N4CCCC4CN)c3n2)COC1. The van der Waals surface area contributed by atoms with Gasteiger partial charge in [0.2, 0.25) is 0 Å². The minimum atomic E-state index is 0.110. The molecule has 0 amide bonds. The predicted octanol–water partition coefficient (Wildman–Crippen LogP) is 3.92. The largest absolute Gasteiger partial charge is 0.493 e. The first-order chi connectivity index (χ1) is 16.1. The fourth-order valence-electron chi connectivity index (χ4n) is 4.94. The number of fused-ring (bicyclic) bond motifs is 2. The van der Waals surface area contributed by atoms with Crippen molar-refractivity contribution in [3.8, 4) is 11.6 Å². The van der Waals surface area contributed by atoms with E-state index in [1.54, 1.807) is 0 Å². The molecule has 4 aromatic rings. The van der Waals surface area contributed by atoms with Gasteiger partial charge >= 0.3 is 0 Å². The molecule has 2 aromatic heterocycles. The van der Waals surface area contributed by atoms with Gasteiger partial charge in [-0.3, -0.25) is 4.57 Å². The molecule has 6 rings (SSSR count). The van der Waals surface area contributed by atoms with E-state index in [1.165, 1.54) is 6.42 Å². The average Bonchev–Trinajstić information content (AvgIpc) is 3.47. The van der Waals surface area contributed by atoms with Gasteiger partial charge in [0.25, 0.3) is 0 Å². The van der Waals surface area contributed by atoms with Gasteiger partial charge in [-0.15, -0.1) is 0 Å². The number of nitrogens with zero attached hydrogens (tertiary/aromatic N) is 4. The van der Waals surface area contributed by atoms with E-state index in [4.69, 9.17) is 20.2 Å². The molecule has 2 aliphatic heterocycles. The van der Waals surface area contributed by atoms with Crippen LogP contribution < -0.4 is 15.4 Å². The van der Waals surface area contributed by atoms with Crippen LogP contribution in [0.25, 0.3) is 27.8 Å². The molecule has 2 fully saturated rings. The quantitative estimate of drug-likeness (QED) is 0.487. The maximum absolute atomic E-state index is 6.05. The third kappa shape index (κ3) is 3.61. The second kappa shape index (κ2) is 8.01. The Morgan fingerprint density at radius 3 is 2.91 bits per heavy atom. The Bertz CT molecular complexity index is 1310. The van der Waals surface area contributed by atoms with Crippen molar-refractivity contribution in [3.05, 3.63) is 54.9 Å². The van der Waals surface area contributed by atoms with E-state index >= 15 is 0 Å². The zero-order valence-electron chi connectivity index (χ0n) is 18.9. The fourth-order valence-corrected chi connectivity index (χ4v) is 4.94. The molecule has 2 aliphatic rings. The van der Waals surface area contributed by atoms with E-state index < -0.39 is 0 Å². The number of benzene rings is 2. The minimum Gasteiger partial charge on any atom is -0.493 e. The molecule has 2 aromatic carbocycles. The van der Waals surface area contributed by atoms with Crippen LogP contribution in [0.5, 0.6) is 5.75 Å². The molecule has 2 saturated heterocycles. The van der Waals surface area contributed by atoms with Gasteiger partial charge in [0, 0.05) is 36.0 Å². The molecular formula is C26H29N5O2. The molecule has 1 unspecified atom stereocenters. The Hall–Kier alpha value is -3.16. The van der Waals surface area contributed by atoms with Crippen LogP contribution in [0.15, 0.2) is 54.9 Å². The highest BCUT2D eigenvalue weighted by atomic mass is 16.5. The van der Waals surface area contributed by atoms with Crippen LogP contribution in [-0.4, -0.2) is 53.5 Å². The maximum Gasteiger partial charge on any atom is 0.139 e. The summed E-state index contributed by atoms with van der Waals surface area (Å²) in [5.74, 6) is 1.69. The molecule has 0 spiro atoms. The highest BCUT2D eigenvalue weighted by Crippen LogP contribution is 2.33. The first-order valence-corrected chi connectivity index (χ1v) is 11.7. The van der Waals surface area contributed by atoms with E-state index in [0.29, 0.717) is 19.2 Å². The third-order valence-corrected chi connectivity index (χ3v) is 6.90. The van der Waals surface area contributed by atoms with Crippen molar-refractivity contribution in [1.82, 2.24) is 14.5 Å². The van der Waals surface area contributed by atoms with Gasteiger partial charge in [0.15, 0.2) is 0 Å². The smallest absolute Gasteiger partial charge is 0.139 e. The van der Waals surface area contributed by atoms with E-state index in [1.807, 2.05) is 23.0 Å². The lowest BCUT2D eigenvalue weighted by Gasteiger charge is -2.37. The van der Waals surface area contributed by atoms with Gasteiger partial charge in [0.1, 0.15) is 17.9 Å². The Kier molecular flexibility index (Phi) is 4.96. The highest BCUT2D eigenvalue weighted by Gasteiger charge is 2.34. The first kappa shape index (κ1) is 20.4. The van der Waals surface area contributed by atoms with Crippen LogP contribution in [0.1, 0.15) is 19.8 Å². The van der Waals surface area contributed by atoms with Crippen LogP contribution in [-0.2, 0) is 4.74 Å². The fraction of sp³-hybridized carbons (Fsp3) is 0.385. The maximum atomic E-state index is 6.05. The molecule has 7 nitrogen and oxygen atoms in total. The number of hydrogen-bond donors (Lipinski definition) is 1. The summed E-state index contributed by atoms with van der Waals surface area (Å²) in [6.07, 6.45) is 4.14. The van der Waals surface area contributed by atoms with Gasteiger partial charge in [-0.2, -0.15) is 0 Å². The number of aromatic nitrogens is 3. The normalized spacial score (nSPS) is 19.8. The van der Waals surface area contributed by atoms with E-state index in [0.717, 1.165) is 65.4 Å². The van der Waals surface area contributed by atoms with E-state index in [-0.39, 0.29) is 5.41 Å². The molecule has 170 valence electrons. The first-order valence-electron chi connectivity index (χ1n) is 11.7. The van der Waals surface area contributed by atoms with Crippen molar-refractivity contribution in [2.75, 3.05) is 37.8 Å². The standard InChI is InChI=1S/C26H29N5O2/c1-26(14-32-15-26)16-33-20-8-9-22-21(12-20)28-17-31(22)24-10-7-18-4-2-6-23(25(18)29-24)30-11-3-5-19(30)13-27/h2,4,6-10,12,17,19H,3,5,11,13-16,27H2,1H3. The molecule has 2 N–H and O–H groups in total. The summed E-state index contributed by atoms with van der Waals surface area (Å²) in [5, 5.41) is 1.13. The number of rotatable bonds is 6. The van der Waals surface area contributed by atoms with Gasteiger partial charge in [0.05, 0.1) is 42.1 Å². The van der Waals surface area contributed by atoms with Crippen molar-refractivity contribution < 1.29 is 9.47 Å². The number of para-hydroxylation sites is 1. The zero-order chi connectivity index (χ0) is 22.4. The molecule has 7 heteroatoms. The second-order valence-electron chi connectivity index (χ2n) is 9.60. The lowest BCUT2D eigenvalue weighted by atomic mass is 9.90. The number of pyridine rings is 1. The lowest BCUT2D eigenvalue weighted by molar-refractivity contribution is -0.120. The number of imidazole rings is 1. The van der Waals surface area contributed by atoms with Crippen LogP contribution in [0.2, 0.25) is 0 Å².